The van der Waals surface area contributed by atoms with Crippen molar-refractivity contribution in [3.05, 3.63) is 40.3 Å². The van der Waals surface area contributed by atoms with Gasteiger partial charge in [0.15, 0.2) is 0 Å². The second kappa shape index (κ2) is 6.91. The van der Waals surface area contributed by atoms with E-state index in [0.29, 0.717) is 17.6 Å². The highest BCUT2D eigenvalue weighted by Gasteiger charge is 2.26. The molecule has 0 aliphatic carbocycles. The van der Waals surface area contributed by atoms with E-state index in [4.69, 9.17) is 5.73 Å². The van der Waals surface area contributed by atoms with Crippen LogP contribution >= 0.6 is 0 Å². The number of carbonyl (C=O) groups excluding carboxylic acids is 1. The summed E-state index contributed by atoms with van der Waals surface area (Å²) < 4.78 is 1.28. The summed E-state index contributed by atoms with van der Waals surface area (Å²) in [5, 5.41) is 8.59. The van der Waals surface area contributed by atoms with Crippen molar-refractivity contribution in [3.63, 3.8) is 0 Å². The van der Waals surface area contributed by atoms with E-state index in [1.54, 1.807) is 19.2 Å². The Morgan fingerprint density at radius 3 is 2.43 bits per heavy atom. The lowest BCUT2D eigenvalue weighted by Crippen LogP contribution is -2.53. The number of fused-ring (bicyclic) bond motifs is 1. The average Bonchev–Trinajstić information content (AvgIpc) is 2.57. The Bertz CT molecular complexity index is 755. The molecule has 1 heterocycles. The molecule has 0 radical (unpaired) electrons. The third-order valence-electron chi connectivity index (χ3n) is 4.51. The molecule has 1 amide bonds. The number of hydrogen-bond donors (Lipinski definition) is 2. The number of aromatic nitrogens is 2. The molecule has 0 bridgehead atoms. The van der Waals surface area contributed by atoms with Gasteiger partial charge in [-0.1, -0.05) is 32.0 Å². The van der Waals surface area contributed by atoms with Gasteiger partial charge in [0.2, 0.25) is 5.91 Å². The quantitative estimate of drug-likeness (QED) is 0.835. The van der Waals surface area contributed by atoms with Crippen molar-refractivity contribution in [2.45, 2.75) is 38.6 Å². The van der Waals surface area contributed by atoms with Crippen molar-refractivity contribution in [1.82, 2.24) is 15.1 Å². The lowest BCUT2D eigenvalue weighted by Gasteiger charge is -2.31. The smallest absolute Gasteiger partial charge is 0.274 e. The molecule has 0 saturated heterocycles. The van der Waals surface area contributed by atoms with Crippen molar-refractivity contribution < 1.29 is 4.79 Å². The molecule has 2 rings (SSSR count). The molecule has 0 unspecified atom stereocenters. The minimum Gasteiger partial charge on any atom is -0.349 e. The summed E-state index contributed by atoms with van der Waals surface area (Å²) in [6.45, 7) is 4.42. The van der Waals surface area contributed by atoms with E-state index in [-0.39, 0.29) is 23.4 Å². The van der Waals surface area contributed by atoms with Gasteiger partial charge in [0.1, 0.15) is 0 Å². The van der Waals surface area contributed by atoms with Crippen LogP contribution in [-0.4, -0.2) is 27.8 Å². The van der Waals surface area contributed by atoms with Gasteiger partial charge in [-0.15, -0.1) is 0 Å². The van der Waals surface area contributed by atoms with Gasteiger partial charge in [-0.2, -0.15) is 5.10 Å². The molecule has 6 heteroatoms. The zero-order valence-corrected chi connectivity index (χ0v) is 13.9. The predicted octanol–water partition coefficient (Wildman–Crippen LogP) is 1.11. The molecule has 0 saturated carbocycles. The number of benzene rings is 1. The maximum atomic E-state index is 12.5. The number of nitrogens with two attached hydrogens (primary N) is 1. The van der Waals surface area contributed by atoms with E-state index in [9.17, 15) is 9.59 Å². The van der Waals surface area contributed by atoms with Gasteiger partial charge in [-0.3, -0.25) is 9.59 Å². The highest BCUT2D eigenvalue weighted by Crippen LogP contribution is 2.16. The molecule has 1 aromatic carbocycles. The SMILES string of the molecule is CCC(CC)(CN)NC(=O)Cc1nn(C)c(=O)c2ccccc12. The van der Waals surface area contributed by atoms with E-state index < -0.39 is 0 Å². The third kappa shape index (κ3) is 3.42. The van der Waals surface area contributed by atoms with Gasteiger partial charge in [-0.25, -0.2) is 4.68 Å². The largest absolute Gasteiger partial charge is 0.349 e. The summed E-state index contributed by atoms with van der Waals surface area (Å²) in [6, 6.07) is 7.22. The number of nitrogens with zero attached hydrogens (tertiary/aromatic N) is 2. The van der Waals surface area contributed by atoms with Gasteiger partial charge in [0, 0.05) is 19.0 Å². The fraction of sp³-hybridized carbons (Fsp3) is 0.471. The lowest BCUT2D eigenvalue weighted by atomic mass is 9.92. The third-order valence-corrected chi connectivity index (χ3v) is 4.51. The normalized spacial score (nSPS) is 11.7. The number of aryl methyl sites for hydroxylation is 1. The molecule has 2 aromatic rings. The highest BCUT2D eigenvalue weighted by molar-refractivity contribution is 5.88. The summed E-state index contributed by atoms with van der Waals surface area (Å²) in [5.41, 5.74) is 5.88. The van der Waals surface area contributed by atoms with Crippen molar-refractivity contribution >= 4 is 16.7 Å². The molecule has 0 aliphatic rings. The van der Waals surface area contributed by atoms with Crippen LogP contribution in [0, 0.1) is 0 Å². The van der Waals surface area contributed by atoms with E-state index in [0.717, 1.165) is 18.2 Å². The van der Waals surface area contributed by atoms with E-state index in [1.165, 1.54) is 4.68 Å². The first kappa shape index (κ1) is 17.1. The lowest BCUT2D eigenvalue weighted by molar-refractivity contribution is -0.122. The number of nitrogens with one attached hydrogen (secondary N) is 1. The summed E-state index contributed by atoms with van der Waals surface area (Å²) in [7, 11) is 1.60. The number of hydrogen-bond acceptors (Lipinski definition) is 4. The van der Waals surface area contributed by atoms with E-state index >= 15 is 0 Å². The van der Waals surface area contributed by atoms with Crippen LogP contribution < -0.4 is 16.6 Å². The van der Waals surface area contributed by atoms with Gasteiger partial charge in [-0.05, 0) is 18.9 Å². The van der Waals surface area contributed by atoms with Crippen LogP contribution in [-0.2, 0) is 18.3 Å². The Kier molecular flexibility index (Phi) is 5.15. The molecule has 3 N–H and O–H groups in total. The van der Waals surface area contributed by atoms with E-state index in [2.05, 4.69) is 10.4 Å². The van der Waals surface area contributed by atoms with Crippen molar-refractivity contribution in [2.75, 3.05) is 6.54 Å². The van der Waals surface area contributed by atoms with Crippen LogP contribution in [0.2, 0.25) is 0 Å². The Balaban J connectivity index is 2.34. The Hall–Kier alpha value is -2.21. The van der Waals surface area contributed by atoms with Crippen LogP contribution in [0.1, 0.15) is 32.4 Å². The van der Waals surface area contributed by atoms with Crippen LogP contribution in [0.4, 0.5) is 0 Å². The first-order valence-corrected chi connectivity index (χ1v) is 7.92. The van der Waals surface area contributed by atoms with Crippen molar-refractivity contribution in [2.24, 2.45) is 12.8 Å². The Morgan fingerprint density at radius 1 is 1.26 bits per heavy atom. The Labute approximate surface area is 135 Å². The molecular weight excluding hydrogens is 292 g/mol. The number of amides is 1. The summed E-state index contributed by atoms with van der Waals surface area (Å²) >= 11 is 0. The monoisotopic (exact) mass is 316 g/mol. The first-order chi connectivity index (χ1) is 11.0. The second-order valence-corrected chi connectivity index (χ2v) is 5.84. The first-order valence-electron chi connectivity index (χ1n) is 7.92. The fourth-order valence-electron chi connectivity index (χ4n) is 2.77. The maximum Gasteiger partial charge on any atom is 0.274 e. The van der Waals surface area contributed by atoms with Gasteiger partial charge < -0.3 is 11.1 Å². The van der Waals surface area contributed by atoms with Crippen LogP contribution in [0.3, 0.4) is 0 Å². The summed E-state index contributed by atoms with van der Waals surface area (Å²) in [5.74, 6) is -0.129. The Morgan fingerprint density at radius 2 is 1.87 bits per heavy atom. The maximum absolute atomic E-state index is 12.5. The summed E-state index contributed by atoms with van der Waals surface area (Å²) in [4.78, 5) is 24.6. The van der Waals surface area contributed by atoms with Gasteiger partial charge in [0.25, 0.3) is 5.56 Å². The molecule has 124 valence electrons. The molecule has 0 spiro atoms. The van der Waals surface area contributed by atoms with Crippen molar-refractivity contribution in [1.29, 1.82) is 0 Å². The fourth-order valence-corrected chi connectivity index (χ4v) is 2.77. The molecule has 0 atom stereocenters. The molecule has 6 nitrogen and oxygen atoms in total. The van der Waals surface area contributed by atoms with Crippen LogP contribution in [0.5, 0.6) is 0 Å². The minimum absolute atomic E-state index is 0.121. The highest BCUT2D eigenvalue weighted by atomic mass is 16.2. The van der Waals surface area contributed by atoms with Crippen LogP contribution in [0.15, 0.2) is 29.1 Å². The number of carbonyl (C=O) groups is 1. The minimum atomic E-state index is -0.381. The molecule has 1 aromatic heterocycles. The van der Waals surface area contributed by atoms with E-state index in [1.807, 2.05) is 26.0 Å². The molecular formula is C17H24N4O2. The van der Waals surface area contributed by atoms with Gasteiger partial charge in [0.05, 0.1) is 23.0 Å². The number of rotatable bonds is 6. The second-order valence-electron chi connectivity index (χ2n) is 5.84. The molecule has 23 heavy (non-hydrogen) atoms. The van der Waals surface area contributed by atoms with Crippen molar-refractivity contribution in [3.8, 4) is 0 Å². The zero-order valence-electron chi connectivity index (χ0n) is 13.9. The molecule has 0 fully saturated rings. The molecule has 0 aliphatic heterocycles. The standard InChI is InChI=1S/C17H24N4O2/c1-4-17(5-2,11-18)19-15(22)10-14-12-8-6-7-9-13(12)16(23)21(3)20-14/h6-9H,4-5,10-11,18H2,1-3H3,(H,19,22). The predicted molar refractivity (Wildman–Crippen MR) is 91.2 cm³/mol. The summed E-state index contributed by atoms with van der Waals surface area (Å²) in [6.07, 6.45) is 1.66. The topological polar surface area (TPSA) is 90.0 Å². The van der Waals surface area contributed by atoms with Crippen LogP contribution in [0.25, 0.3) is 10.8 Å². The average molecular weight is 316 g/mol. The zero-order chi connectivity index (χ0) is 17.0. The van der Waals surface area contributed by atoms with Gasteiger partial charge >= 0.3 is 0 Å².